The molecule has 0 amide bonds. The number of aliphatic carboxylic acids is 1. The number of carbonyl (C=O) groups is 1. The lowest BCUT2D eigenvalue weighted by molar-refractivity contribution is -0.137. The number of hydrogen-bond donors (Lipinski definition) is 2. The molecule has 15 heavy (non-hydrogen) atoms. The highest BCUT2D eigenvalue weighted by Crippen LogP contribution is 2.17. The first-order chi connectivity index (χ1) is 6.91. The highest BCUT2D eigenvalue weighted by molar-refractivity contribution is 5.67. The van der Waals surface area contributed by atoms with Crippen LogP contribution in [0.4, 0.5) is 0 Å². The first-order valence-electron chi connectivity index (χ1n) is 5.89. The van der Waals surface area contributed by atoms with Crippen molar-refractivity contribution in [3.8, 4) is 0 Å². The molecule has 0 aliphatic heterocycles. The molecule has 0 bridgehead atoms. The molecule has 0 aliphatic rings. The zero-order valence-corrected chi connectivity index (χ0v) is 10.2. The fourth-order valence-electron chi connectivity index (χ4n) is 1.59. The van der Waals surface area contributed by atoms with Crippen molar-refractivity contribution in [2.45, 2.75) is 58.9 Å². The predicted octanol–water partition coefficient (Wildman–Crippen LogP) is 2.64. The summed E-state index contributed by atoms with van der Waals surface area (Å²) in [6, 6.07) is -0.177. The topological polar surface area (TPSA) is 63.3 Å². The van der Waals surface area contributed by atoms with Gasteiger partial charge in [0.05, 0.1) is 6.42 Å². The minimum absolute atomic E-state index is 0.0941. The lowest BCUT2D eigenvalue weighted by atomic mass is 9.93. The smallest absolute Gasteiger partial charge is 0.304 e. The van der Waals surface area contributed by atoms with Crippen molar-refractivity contribution >= 4 is 5.97 Å². The molecule has 0 spiro atoms. The van der Waals surface area contributed by atoms with Crippen LogP contribution in [0.25, 0.3) is 0 Å². The molecule has 0 fully saturated rings. The molecule has 0 aromatic heterocycles. The van der Waals surface area contributed by atoms with E-state index in [0.717, 1.165) is 18.8 Å². The normalized spacial score (nSPS) is 15.3. The van der Waals surface area contributed by atoms with E-state index in [1.807, 2.05) is 0 Å². The fourth-order valence-corrected chi connectivity index (χ4v) is 1.59. The van der Waals surface area contributed by atoms with Crippen LogP contribution in [0.1, 0.15) is 52.9 Å². The standard InChI is InChI=1S/C12H25NO2/c1-9(2)4-5-10(3)6-7-11(13)8-12(14)15/h9-11H,4-8,13H2,1-3H3,(H,14,15). The van der Waals surface area contributed by atoms with Gasteiger partial charge in [-0.25, -0.2) is 0 Å². The lowest BCUT2D eigenvalue weighted by Crippen LogP contribution is -2.24. The van der Waals surface area contributed by atoms with Crippen LogP contribution < -0.4 is 5.73 Å². The first-order valence-corrected chi connectivity index (χ1v) is 5.89. The van der Waals surface area contributed by atoms with Gasteiger partial charge in [-0.2, -0.15) is 0 Å². The van der Waals surface area contributed by atoms with Gasteiger partial charge in [-0.1, -0.05) is 33.6 Å². The van der Waals surface area contributed by atoms with E-state index in [0.29, 0.717) is 5.92 Å². The Kier molecular flexibility index (Phi) is 7.39. The van der Waals surface area contributed by atoms with Gasteiger partial charge in [0.1, 0.15) is 0 Å². The summed E-state index contributed by atoms with van der Waals surface area (Å²) in [6.45, 7) is 6.67. The number of rotatable bonds is 8. The van der Waals surface area contributed by atoms with Gasteiger partial charge in [-0.05, 0) is 24.7 Å². The average Bonchev–Trinajstić information content (AvgIpc) is 2.10. The zero-order chi connectivity index (χ0) is 11.8. The van der Waals surface area contributed by atoms with E-state index in [4.69, 9.17) is 10.8 Å². The number of carboxylic acids is 1. The largest absolute Gasteiger partial charge is 0.481 e. The van der Waals surface area contributed by atoms with Crippen LogP contribution in [0.3, 0.4) is 0 Å². The van der Waals surface area contributed by atoms with E-state index < -0.39 is 5.97 Å². The van der Waals surface area contributed by atoms with Crippen LogP contribution >= 0.6 is 0 Å². The summed E-state index contributed by atoms with van der Waals surface area (Å²) >= 11 is 0. The minimum atomic E-state index is -0.794. The highest BCUT2D eigenvalue weighted by Gasteiger charge is 2.10. The van der Waals surface area contributed by atoms with Gasteiger partial charge in [-0.3, -0.25) is 4.79 Å². The molecule has 0 aromatic rings. The minimum Gasteiger partial charge on any atom is -0.481 e. The zero-order valence-electron chi connectivity index (χ0n) is 10.2. The Labute approximate surface area is 93.0 Å². The van der Waals surface area contributed by atoms with E-state index in [1.165, 1.54) is 12.8 Å². The summed E-state index contributed by atoms with van der Waals surface area (Å²) in [5.41, 5.74) is 5.70. The third-order valence-corrected chi connectivity index (χ3v) is 2.70. The fraction of sp³-hybridized carbons (Fsp3) is 0.917. The molecular formula is C12H25NO2. The second-order valence-electron chi connectivity index (χ2n) is 5.01. The number of nitrogens with two attached hydrogens (primary N) is 1. The molecule has 3 nitrogen and oxygen atoms in total. The molecule has 0 aromatic carbocycles. The monoisotopic (exact) mass is 215 g/mol. The van der Waals surface area contributed by atoms with Crippen LogP contribution in [0.2, 0.25) is 0 Å². The Morgan fingerprint density at radius 1 is 1.13 bits per heavy atom. The Bertz CT molecular complexity index is 180. The summed E-state index contributed by atoms with van der Waals surface area (Å²) in [6.07, 6.45) is 4.43. The molecule has 0 radical (unpaired) electrons. The molecule has 3 heteroatoms. The SMILES string of the molecule is CC(C)CCC(C)CCC(N)CC(=O)O. The van der Waals surface area contributed by atoms with Crippen molar-refractivity contribution in [3.05, 3.63) is 0 Å². The van der Waals surface area contributed by atoms with Crippen LogP contribution in [0.5, 0.6) is 0 Å². The maximum atomic E-state index is 10.4. The third-order valence-electron chi connectivity index (χ3n) is 2.70. The van der Waals surface area contributed by atoms with Crippen molar-refractivity contribution in [2.75, 3.05) is 0 Å². The quantitative estimate of drug-likeness (QED) is 0.654. The van der Waals surface area contributed by atoms with Crippen molar-refractivity contribution in [2.24, 2.45) is 17.6 Å². The average molecular weight is 215 g/mol. The van der Waals surface area contributed by atoms with Gasteiger partial charge in [0.25, 0.3) is 0 Å². The summed E-state index contributed by atoms with van der Waals surface area (Å²) in [5.74, 6) is 0.615. The van der Waals surface area contributed by atoms with Gasteiger partial charge in [0.15, 0.2) is 0 Å². The summed E-state index contributed by atoms with van der Waals surface area (Å²) in [7, 11) is 0. The lowest BCUT2D eigenvalue weighted by Gasteiger charge is -2.15. The summed E-state index contributed by atoms with van der Waals surface area (Å²) in [4.78, 5) is 10.4. The Balaban J connectivity index is 3.52. The Morgan fingerprint density at radius 2 is 1.67 bits per heavy atom. The molecule has 2 atom stereocenters. The van der Waals surface area contributed by atoms with Crippen LogP contribution in [0, 0.1) is 11.8 Å². The van der Waals surface area contributed by atoms with Gasteiger partial charge in [-0.15, -0.1) is 0 Å². The van der Waals surface area contributed by atoms with E-state index >= 15 is 0 Å². The predicted molar refractivity (Wildman–Crippen MR) is 62.7 cm³/mol. The molecule has 3 N–H and O–H groups in total. The second kappa shape index (κ2) is 7.69. The molecule has 0 rings (SSSR count). The Hall–Kier alpha value is -0.570. The van der Waals surface area contributed by atoms with Crippen molar-refractivity contribution in [1.82, 2.24) is 0 Å². The van der Waals surface area contributed by atoms with Crippen LogP contribution in [0.15, 0.2) is 0 Å². The molecule has 2 unspecified atom stereocenters. The van der Waals surface area contributed by atoms with Gasteiger partial charge >= 0.3 is 5.97 Å². The summed E-state index contributed by atoms with van der Waals surface area (Å²) < 4.78 is 0. The first kappa shape index (κ1) is 14.4. The Morgan fingerprint density at radius 3 is 2.13 bits per heavy atom. The molecule has 0 saturated carbocycles. The van der Waals surface area contributed by atoms with Gasteiger partial charge in [0.2, 0.25) is 0 Å². The van der Waals surface area contributed by atoms with E-state index in [9.17, 15) is 4.79 Å². The molecule has 0 saturated heterocycles. The van der Waals surface area contributed by atoms with E-state index in [2.05, 4.69) is 20.8 Å². The maximum Gasteiger partial charge on any atom is 0.304 e. The molecule has 0 heterocycles. The van der Waals surface area contributed by atoms with Crippen LogP contribution in [-0.2, 0) is 4.79 Å². The van der Waals surface area contributed by atoms with E-state index in [-0.39, 0.29) is 12.5 Å². The second-order valence-corrected chi connectivity index (χ2v) is 5.01. The molecular weight excluding hydrogens is 190 g/mol. The molecule has 0 aliphatic carbocycles. The van der Waals surface area contributed by atoms with Crippen LogP contribution in [-0.4, -0.2) is 17.1 Å². The van der Waals surface area contributed by atoms with Gasteiger partial charge in [0, 0.05) is 6.04 Å². The number of hydrogen-bond acceptors (Lipinski definition) is 2. The number of carboxylic acid groups (broad SMARTS) is 1. The maximum absolute atomic E-state index is 10.4. The van der Waals surface area contributed by atoms with Crippen molar-refractivity contribution in [3.63, 3.8) is 0 Å². The molecule has 90 valence electrons. The summed E-state index contributed by atoms with van der Waals surface area (Å²) in [5, 5.41) is 8.55. The third kappa shape index (κ3) is 9.73. The van der Waals surface area contributed by atoms with Crippen molar-refractivity contribution in [1.29, 1.82) is 0 Å². The van der Waals surface area contributed by atoms with Crippen molar-refractivity contribution < 1.29 is 9.90 Å². The highest BCUT2D eigenvalue weighted by atomic mass is 16.4. The van der Waals surface area contributed by atoms with Gasteiger partial charge < -0.3 is 10.8 Å². The van der Waals surface area contributed by atoms with E-state index in [1.54, 1.807) is 0 Å².